The van der Waals surface area contributed by atoms with Crippen LogP contribution >= 0.6 is 11.8 Å². The number of carbonyl (C=O) groups is 1. The third-order valence-corrected chi connectivity index (χ3v) is 5.25. The number of nitrogens with one attached hydrogen (secondary N) is 1. The Kier molecular flexibility index (Phi) is 6.04. The van der Waals surface area contributed by atoms with Gasteiger partial charge in [0.05, 0.1) is 11.7 Å². The van der Waals surface area contributed by atoms with Gasteiger partial charge in [0.25, 0.3) is 5.91 Å². The highest BCUT2D eigenvalue weighted by Gasteiger charge is 2.18. The molecule has 8 heteroatoms. The Hall–Kier alpha value is -1.93. The highest BCUT2D eigenvalue weighted by molar-refractivity contribution is 7.99. The normalized spacial score (nSPS) is 17.0. The van der Waals surface area contributed by atoms with Gasteiger partial charge < -0.3 is 14.6 Å². The molecule has 2 heterocycles. The van der Waals surface area contributed by atoms with Crippen LogP contribution in [-0.2, 0) is 18.2 Å². The minimum atomic E-state index is -0.522. The van der Waals surface area contributed by atoms with Crippen molar-refractivity contribution in [3.8, 4) is 0 Å². The van der Waals surface area contributed by atoms with E-state index in [-0.39, 0.29) is 5.56 Å². The molecule has 1 aromatic heterocycles. The van der Waals surface area contributed by atoms with Gasteiger partial charge in [0.15, 0.2) is 5.16 Å². The summed E-state index contributed by atoms with van der Waals surface area (Å²) in [4.78, 5) is 12.0. The zero-order valence-electron chi connectivity index (χ0n) is 14.1. The third-order valence-electron chi connectivity index (χ3n) is 4.10. The maximum Gasteiger partial charge on any atom is 0.254 e. The second kappa shape index (κ2) is 8.44. The van der Waals surface area contributed by atoms with Crippen molar-refractivity contribution in [1.82, 2.24) is 20.1 Å². The second-order valence-corrected chi connectivity index (χ2v) is 6.88. The Morgan fingerprint density at radius 1 is 1.44 bits per heavy atom. The highest BCUT2D eigenvalue weighted by Crippen LogP contribution is 2.22. The lowest BCUT2D eigenvalue weighted by atomic mass is 10.2. The molecule has 1 aliphatic rings. The molecule has 0 aliphatic carbocycles. The van der Waals surface area contributed by atoms with Crippen LogP contribution in [0.1, 0.15) is 29.0 Å². The smallest absolute Gasteiger partial charge is 0.254 e. The molecule has 6 nitrogen and oxygen atoms in total. The van der Waals surface area contributed by atoms with Crippen LogP contribution in [0.2, 0.25) is 0 Å². The van der Waals surface area contributed by atoms with Crippen LogP contribution in [0.5, 0.6) is 0 Å². The highest BCUT2D eigenvalue weighted by atomic mass is 32.2. The Labute approximate surface area is 150 Å². The van der Waals surface area contributed by atoms with E-state index in [0.29, 0.717) is 19.1 Å². The zero-order chi connectivity index (χ0) is 17.6. The van der Waals surface area contributed by atoms with E-state index in [1.54, 1.807) is 23.9 Å². The molecular weight excluding hydrogens is 343 g/mol. The maximum absolute atomic E-state index is 13.6. The largest absolute Gasteiger partial charge is 0.377 e. The van der Waals surface area contributed by atoms with Gasteiger partial charge in [-0.3, -0.25) is 4.79 Å². The molecule has 0 saturated carbocycles. The van der Waals surface area contributed by atoms with Crippen molar-refractivity contribution in [1.29, 1.82) is 0 Å². The summed E-state index contributed by atoms with van der Waals surface area (Å²) in [6.45, 7) is 1.21. The fourth-order valence-corrected chi connectivity index (χ4v) is 3.66. The Morgan fingerprint density at radius 2 is 2.28 bits per heavy atom. The van der Waals surface area contributed by atoms with E-state index in [0.717, 1.165) is 36.2 Å². The molecule has 25 heavy (non-hydrogen) atoms. The van der Waals surface area contributed by atoms with E-state index >= 15 is 0 Å². The first-order valence-electron chi connectivity index (χ1n) is 8.30. The molecule has 1 aromatic carbocycles. The van der Waals surface area contributed by atoms with Crippen LogP contribution in [0, 0.1) is 5.82 Å². The lowest BCUT2D eigenvalue weighted by Crippen LogP contribution is -2.27. The molecule has 1 fully saturated rings. The fourth-order valence-electron chi connectivity index (χ4n) is 2.66. The van der Waals surface area contributed by atoms with Gasteiger partial charge >= 0.3 is 0 Å². The fraction of sp³-hybridized carbons (Fsp3) is 0.471. The topological polar surface area (TPSA) is 69.0 Å². The molecule has 1 N–H and O–H groups in total. The molecular formula is C17H21FN4O2S. The SMILES string of the molecule is Cn1c(CCNC(=O)c2ccccc2F)nnc1SC[C@@H]1CCCO1. The number of nitrogens with zero attached hydrogens (tertiary/aromatic N) is 3. The predicted octanol–water partition coefficient (Wildman–Crippen LogP) is 2.20. The quantitative estimate of drug-likeness (QED) is 0.763. The Bertz CT molecular complexity index is 731. The predicted molar refractivity (Wildman–Crippen MR) is 93.1 cm³/mol. The van der Waals surface area contributed by atoms with E-state index in [4.69, 9.17) is 4.74 Å². The number of rotatable bonds is 7. The number of carbonyl (C=O) groups excluding carboxylic acids is 1. The molecule has 1 atom stereocenters. The molecule has 0 spiro atoms. The van der Waals surface area contributed by atoms with Gasteiger partial charge in [-0.1, -0.05) is 23.9 Å². The lowest BCUT2D eigenvalue weighted by molar-refractivity contribution is 0.0950. The van der Waals surface area contributed by atoms with E-state index in [1.807, 2.05) is 11.6 Å². The van der Waals surface area contributed by atoms with Gasteiger partial charge in [-0.25, -0.2) is 4.39 Å². The molecule has 2 aromatic rings. The van der Waals surface area contributed by atoms with Gasteiger partial charge in [-0.15, -0.1) is 10.2 Å². The molecule has 1 aliphatic heterocycles. The van der Waals surface area contributed by atoms with Gasteiger partial charge in [0.2, 0.25) is 0 Å². The standard InChI is InChI=1S/C17H21FN4O2S/c1-22-15(20-21-17(22)25-11-12-5-4-10-24-12)8-9-19-16(23)13-6-2-3-7-14(13)18/h2-3,6-7,12H,4-5,8-11H2,1H3,(H,19,23)/t12-/m0/s1. The number of hydrogen-bond donors (Lipinski definition) is 1. The van der Waals surface area contributed by atoms with Crippen LogP contribution in [-0.4, -0.2) is 45.7 Å². The van der Waals surface area contributed by atoms with Crippen LogP contribution in [0.3, 0.4) is 0 Å². The van der Waals surface area contributed by atoms with Crippen LogP contribution < -0.4 is 5.32 Å². The average molecular weight is 364 g/mol. The number of hydrogen-bond acceptors (Lipinski definition) is 5. The average Bonchev–Trinajstić information content (AvgIpc) is 3.24. The van der Waals surface area contributed by atoms with Crippen molar-refractivity contribution < 1.29 is 13.9 Å². The number of halogens is 1. The zero-order valence-corrected chi connectivity index (χ0v) is 14.9. The summed E-state index contributed by atoms with van der Waals surface area (Å²) < 4.78 is 21.1. The van der Waals surface area contributed by atoms with Gasteiger partial charge in [-0.2, -0.15) is 0 Å². The Morgan fingerprint density at radius 3 is 3.04 bits per heavy atom. The van der Waals surface area contributed by atoms with Crippen molar-refractivity contribution in [3.05, 3.63) is 41.5 Å². The summed E-state index contributed by atoms with van der Waals surface area (Å²) in [5.74, 6) is 0.708. The summed E-state index contributed by atoms with van der Waals surface area (Å²) in [6, 6.07) is 5.93. The van der Waals surface area contributed by atoms with Crippen molar-refractivity contribution in [2.24, 2.45) is 7.05 Å². The summed E-state index contributed by atoms with van der Waals surface area (Å²) in [5.41, 5.74) is 0.0493. The number of benzene rings is 1. The third kappa shape index (κ3) is 4.58. The Balaban J connectivity index is 1.48. The van der Waals surface area contributed by atoms with Gasteiger partial charge in [0.1, 0.15) is 11.6 Å². The van der Waals surface area contributed by atoms with Crippen molar-refractivity contribution in [2.45, 2.75) is 30.5 Å². The molecule has 0 bridgehead atoms. The first-order chi connectivity index (χ1) is 12.1. The molecule has 134 valence electrons. The van der Waals surface area contributed by atoms with Crippen LogP contribution in [0.25, 0.3) is 0 Å². The molecule has 0 unspecified atom stereocenters. The van der Waals surface area contributed by atoms with E-state index in [2.05, 4.69) is 15.5 Å². The van der Waals surface area contributed by atoms with Crippen molar-refractivity contribution in [2.75, 3.05) is 18.9 Å². The van der Waals surface area contributed by atoms with E-state index in [1.165, 1.54) is 12.1 Å². The molecule has 0 radical (unpaired) electrons. The van der Waals surface area contributed by atoms with Crippen molar-refractivity contribution in [3.63, 3.8) is 0 Å². The monoisotopic (exact) mass is 364 g/mol. The summed E-state index contributed by atoms with van der Waals surface area (Å²) in [5, 5.41) is 11.9. The number of thioether (sulfide) groups is 1. The number of aromatic nitrogens is 3. The molecule has 3 rings (SSSR count). The minimum absolute atomic E-state index is 0.0493. The van der Waals surface area contributed by atoms with Gasteiger partial charge in [0, 0.05) is 32.4 Å². The van der Waals surface area contributed by atoms with Crippen LogP contribution in [0.15, 0.2) is 29.4 Å². The first kappa shape index (κ1) is 17.9. The van der Waals surface area contributed by atoms with E-state index < -0.39 is 11.7 Å². The minimum Gasteiger partial charge on any atom is -0.377 e. The second-order valence-electron chi connectivity index (χ2n) is 5.89. The summed E-state index contributed by atoms with van der Waals surface area (Å²) in [7, 11) is 1.91. The number of ether oxygens (including phenoxy) is 1. The lowest BCUT2D eigenvalue weighted by Gasteiger charge is -2.08. The summed E-state index contributed by atoms with van der Waals surface area (Å²) in [6.07, 6.45) is 3.05. The molecule has 1 saturated heterocycles. The van der Waals surface area contributed by atoms with Crippen molar-refractivity contribution >= 4 is 17.7 Å². The maximum atomic E-state index is 13.6. The van der Waals surface area contributed by atoms with E-state index in [9.17, 15) is 9.18 Å². The summed E-state index contributed by atoms with van der Waals surface area (Å²) >= 11 is 1.63. The number of amides is 1. The van der Waals surface area contributed by atoms with Gasteiger partial charge in [-0.05, 0) is 25.0 Å². The molecule has 1 amide bonds. The van der Waals surface area contributed by atoms with Crippen LogP contribution in [0.4, 0.5) is 4.39 Å². The first-order valence-corrected chi connectivity index (χ1v) is 9.29.